The van der Waals surface area contributed by atoms with E-state index in [0.29, 0.717) is 11.0 Å². The number of hydrogen-bond donors (Lipinski definition) is 0. The van der Waals surface area contributed by atoms with E-state index in [4.69, 9.17) is 0 Å². The Morgan fingerprint density at radius 1 is 0.760 bits per heavy atom. The van der Waals surface area contributed by atoms with Crippen molar-refractivity contribution in [2.75, 3.05) is 45.8 Å². The van der Waals surface area contributed by atoms with Gasteiger partial charge in [-0.2, -0.15) is 0 Å². The SMILES string of the molecule is CC(C)(C)C1CCN(C2CCN(CC3CN(C(C)(C)C)C3)CC2)CC1. The van der Waals surface area contributed by atoms with E-state index in [1.54, 1.807) is 0 Å². The van der Waals surface area contributed by atoms with Crippen molar-refractivity contribution in [3.05, 3.63) is 0 Å². The molecule has 0 aliphatic carbocycles. The van der Waals surface area contributed by atoms with Gasteiger partial charge in [-0.15, -0.1) is 0 Å². The molecule has 3 heterocycles. The second-order valence-electron chi connectivity index (χ2n) is 11.1. The second kappa shape index (κ2) is 7.48. The molecule has 0 unspecified atom stereocenters. The summed E-state index contributed by atoms with van der Waals surface area (Å²) < 4.78 is 0. The molecule has 0 N–H and O–H groups in total. The van der Waals surface area contributed by atoms with Gasteiger partial charge in [0.2, 0.25) is 0 Å². The van der Waals surface area contributed by atoms with E-state index >= 15 is 0 Å². The van der Waals surface area contributed by atoms with Crippen LogP contribution >= 0.6 is 0 Å². The van der Waals surface area contributed by atoms with Crippen molar-refractivity contribution >= 4 is 0 Å². The Kier molecular flexibility index (Phi) is 5.88. The summed E-state index contributed by atoms with van der Waals surface area (Å²) in [4.78, 5) is 8.21. The van der Waals surface area contributed by atoms with Gasteiger partial charge >= 0.3 is 0 Å². The van der Waals surface area contributed by atoms with Crippen molar-refractivity contribution in [1.29, 1.82) is 0 Å². The molecule has 0 radical (unpaired) electrons. The van der Waals surface area contributed by atoms with Crippen LogP contribution in [0.25, 0.3) is 0 Å². The van der Waals surface area contributed by atoms with Gasteiger partial charge in [0.1, 0.15) is 0 Å². The van der Waals surface area contributed by atoms with Crippen LogP contribution in [0, 0.1) is 17.3 Å². The average Bonchev–Trinajstić information content (AvgIpc) is 2.49. The predicted molar refractivity (Wildman–Crippen MR) is 108 cm³/mol. The average molecular weight is 350 g/mol. The van der Waals surface area contributed by atoms with Gasteiger partial charge in [0.25, 0.3) is 0 Å². The first-order valence-corrected chi connectivity index (χ1v) is 10.8. The van der Waals surface area contributed by atoms with E-state index in [2.05, 4.69) is 56.2 Å². The highest BCUT2D eigenvalue weighted by atomic mass is 15.3. The molecule has 3 fully saturated rings. The van der Waals surface area contributed by atoms with Crippen molar-refractivity contribution in [1.82, 2.24) is 14.7 Å². The number of piperidine rings is 2. The van der Waals surface area contributed by atoms with Gasteiger partial charge in [-0.05, 0) is 89.9 Å². The monoisotopic (exact) mass is 349 g/mol. The first kappa shape index (κ1) is 19.6. The molecule has 0 aromatic carbocycles. The van der Waals surface area contributed by atoms with E-state index in [-0.39, 0.29) is 0 Å². The molecule has 0 amide bonds. The highest BCUT2D eigenvalue weighted by Gasteiger charge is 2.36. The zero-order valence-corrected chi connectivity index (χ0v) is 17.9. The minimum atomic E-state index is 0.364. The van der Waals surface area contributed by atoms with Crippen LogP contribution in [0.15, 0.2) is 0 Å². The number of nitrogens with zero attached hydrogens (tertiary/aromatic N) is 3. The molecule has 3 rings (SSSR count). The summed E-state index contributed by atoms with van der Waals surface area (Å²) >= 11 is 0. The van der Waals surface area contributed by atoms with Crippen LogP contribution in [-0.2, 0) is 0 Å². The topological polar surface area (TPSA) is 9.72 Å². The molecule has 3 saturated heterocycles. The lowest BCUT2D eigenvalue weighted by molar-refractivity contribution is -0.0111. The smallest absolute Gasteiger partial charge is 0.0125 e. The van der Waals surface area contributed by atoms with Gasteiger partial charge in [0.05, 0.1) is 0 Å². The van der Waals surface area contributed by atoms with Gasteiger partial charge in [-0.3, -0.25) is 4.90 Å². The molecule has 3 heteroatoms. The standard InChI is InChI=1S/C22H43N3/c1-21(2,3)19-7-13-24(14-8-19)20-9-11-23(12-10-20)15-18-16-25(17-18)22(4,5)6/h18-20H,7-17H2,1-6H3. The van der Waals surface area contributed by atoms with Gasteiger partial charge in [-0.25, -0.2) is 0 Å². The van der Waals surface area contributed by atoms with Gasteiger partial charge in [0.15, 0.2) is 0 Å². The lowest BCUT2D eigenvalue weighted by Crippen LogP contribution is -2.59. The fourth-order valence-electron chi connectivity index (χ4n) is 5.20. The Labute approximate surface area is 157 Å². The minimum Gasteiger partial charge on any atom is -0.303 e. The summed E-state index contributed by atoms with van der Waals surface area (Å²) in [6.45, 7) is 23.6. The number of hydrogen-bond acceptors (Lipinski definition) is 3. The fraction of sp³-hybridized carbons (Fsp3) is 1.00. The van der Waals surface area contributed by atoms with Gasteiger partial charge < -0.3 is 9.80 Å². The molecule has 3 aliphatic heterocycles. The van der Waals surface area contributed by atoms with E-state index in [0.717, 1.165) is 17.9 Å². The van der Waals surface area contributed by atoms with Crippen molar-refractivity contribution in [3.63, 3.8) is 0 Å². The normalized spacial score (nSPS) is 27.6. The number of rotatable bonds is 3. The van der Waals surface area contributed by atoms with Crippen LogP contribution in [0.2, 0.25) is 0 Å². The molecule has 25 heavy (non-hydrogen) atoms. The van der Waals surface area contributed by atoms with Crippen LogP contribution < -0.4 is 0 Å². The second-order valence-corrected chi connectivity index (χ2v) is 11.1. The Hall–Kier alpha value is -0.120. The predicted octanol–water partition coefficient (Wildman–Crippen LogP) is 3.94. The van der Waals surface area contributed by atoms with Crippen LogP contribution in [0.1, 0.15) is 67.2 Å². The van der Waals surface area contributed by atoms with Crippen molar-refractivity contribution in [2.45, 2.75) is 78.8 Å². The Morgan fingerprint density at radius 3 is 1.80 bits per heavy atom. The highest BCUT2D eigenvalue weighted by molar-refractivity contribution is 4.91. The van der Waals surface area contributed by atoms with Gasteiger partial charge in [0, 0.05) is 31.2 Å². The van der Waals surface area contributed by atoms with Crippen molar-refractivity contribution < 1.29 is 0 Å². The fourth-order valence-corrected chi connectivity index (χ4v) is 5.20. The number of likely N-dealkylation sites (tertiary alicyclic amines) is 3. The molecule has 0 spiro atoms. The lowest BCUT2D eigenvalue weighted by Gasteiger charge is -2.50. The maximum atomic E-state index is 2.82. The molecule has 3 nitrogen and oxygen atoms in total. The summed E-state index contributed by atoms with van der Waals surface area (Å²) in [5.41, 5.74) is 0.863. The molecule has 0 bridgehead atoms. The van der Waals surface area contributed by atoms with E-state index in [9.17, 15) is 0 Å². The third kappa shape index (κ3) is 4.99. The maximum Gasteiger partial charge on any atom is 0.0125 e. The first-order chi connectivity index (χ1) is 11.6. The minimum absolute atomic E-state index is 0.364. The van der Waals surface area contributed by atoms with Crippen molar-refractivity contribution in [3.8, 4) is 0 Å². The Morgan fingerprint density at radius 2 is 1.32 bits per heavy atom. The zero-order chi connectivity index (χ0) is 18.2. The van der Waals surface area contributed by atoms with Crippen LogP contribution in [0.5, 0.6) is 0 Å². The molecular weight excluding hydrogens is 306 g/mol. The first-order valence-electron chi connectivity index (χ1n) is 10.8. The van der Waals surface area contributed by atoms with Crippen LogP contribution in [0.4, 0.5) is 0 Å². The maximum absolute atomic E-state index is 2.82. The Bertz CT molecular complexity index is 412. The molecular formula is C22H43N3. The van der Waals surface area contributed by atoms with Crippen LogP contribution in [-0.4, -0.2) is 72.1 Å². The van der Waals surface area contributed by atoms with Crippen LogP contribution in [0.3, 0.4) is 0 Å². The summed E-state index contributed by atoms with van der Waals surface area (Å²) in [5.74, 6) is 1.84. The van der Waals surface area contributed by atoms with E-state index < -0.39 is 0 Å². The summed E-state index contributed by atoms with van der Waals surface area (Å²) in [5, 5.41) is 0. The largest absolute Gasteiger partial charge is 0.303 e. The van der Waals surface area contributed by atoms with Gasteiger partial charge in [-0.1, -0.05) is 20.8 Å². The highest BCUT2D eigenvalue weighted by Crippen LogP contribution is 2.35. The molecule has 0 aromatic rings. The third-order valence-corrected chi connectivity index (χ3v) is 7.25. The lowest BCUT2D eigenvalue weighted by atomic mass is 9.75. The molecule has 3 aliphatic rings. The summed E-state index contributed by atoms with van der Waals surface area (Å²) in [7, 11) is 0. The quantitative estimate of drug-likeness (QED) is 0.764. The Balaban J connectivity index is 1.35. The molecule has 146 valence electrons. The third-order valence-electron chi connectivity index (χ3n) is 7.25. The molecule has 0 aromatic heterocycles. The molecule has 0 atom stereocenters. The summed E-state index contributed by atoms with van der Waals surface area (Å²) in [6, 6.07) is 0.865. The molecule has 0 saturated carbocycles. The zero-order valence-electron chi connectivity index (χ0n) is 17.9. The van der Waals surface area contributed by atoms with E-state index in [1.807, 2.05) is 0 Å². The van der Waals surface area contributed by atoms with Crippen molar-refractivity contribution in [2.24, 2.45) is 17.3 Å². The summed E-state index contributed by atoms with van der Waals surface area (Å²) in [6.07, 6.45) is 5.62. The van der Waals surface area contributed by atoms with E-state index in [1.165, 1.54) is 71.5 Å².